The second kappa shape index (κ2) is 6.39. The molecule has 1 fully saturated rings. The van der Waals surface area contributed by atoms with Gasteiger partial charge in [0.05, 0.1) is 17.1 Å². The Morgan fingerprint density at radius 1 is 1.35 bits per heavy atom. The number of carbonyl (C=O) groups is 1. The number of rotatable bonds is 2. The van der Waals surface area contributed by atoms with Gasteiger partial charge in [-0.25, -0.2) is 0 Å². The predicted octanol–water partition coefficient (Wildman–Crippen LogP) is 2.24. The van der Waals surface area contributed by atoms with Gasteiger partial charge in [0.25, 0.3) is 0 Å². The Balaban J connectivity index is 0.00000147. The highest BCUT2D eigenvalue weighted by atomic mass is 35.5. The van der Waals surface area contributed by atoms with Crippen LogP contribution >= 0.6 is 24.0 Å². The third-order valence-corrected chi connectivity index (χ3v) is 3.64. The zero-order valence-electron chi connectivity index (χ0n) is 10.8. The summed E-state index contributed by atoms with van der Waals surface area (Å²) in [6.07, 6.45) is 1.70. The van der Waals surface area contributed by atoms with E-state index in [0.29, 0.717) is 18.1 Å². The number of hydrogen-bond acceptors (Lipinski definition) is 3. The molecule has 6 heteroatoms. The molecule has 4 nitrogen and oxygen atoms in total. The third-order valence-electron chi connectivity index (χ3n) is 3.31. The fraction of sp³-hybridized carbons (Fsp3) is 0.286. The summed E-state index contributed by atoms with van der Waals surface area (Å²) in [5.41, 5.74) is 1.95. The minimum absolute atomic E-state index is 0. The molecule has 1 N–H and O–H groups in total. The lowest BCUT2D eigenvalue weighted by atomic mass is 10.1. The number of benzene rings is 1. The third kappa shape index (κ3) is 3.03. The molecule has 3 rings (SSSR count). The van der Waals surface area contributed by atoms with E-state index in [-0.39, 0.29) is 18.3 Å². The summed E-state index contributed by atoms with van der Waals surface area (Å²) in [6.45, 7) is 2.66. The van der Waals surface area contributed by atoms with Crippen LogP contribution in [-0.2, 0) is 11.3 Å². The summed E-state index contributed by atoms with van der Waals surface area (Å²) in [4.78, 5) is 17.9. The maximum absolute atomic E-state index is 11.7. The van der Waals surface area contributed by atoms with Gasteiger partial charge in [-0.15, -0.1) is 12.4 Å². The Hall–Kier alpha value is -1.36. The zero-order chi connectivity index (χ0) is 13.2. The summed E-state index contributed by atoms with van der Waals surface area (Å²) in [6, 6.07) is 7.75. The van der Waals surface area contributed by atoms with Gasteiger partial charge in [-0.3, -0.25) is 9.78 Å². The highest BCUT2D eigenvalue weighted by Crippen LogP contribution is 2.22. The maximum atomic E-state index is 11.7. The molecule has 20 heavy (non-hydrogen) atoms. The van der Waals surface area contributed by atoms with Crippen molar-refractivity contribution in [3.05, 3.63) is 41.0 Å². The normalized spacial score (nSPS) is 15.2. The van der Waals surface area contributed by atoms with Gasteiger partial charge in [0.15, 0.2) is 0 Å². The van der Waals surface area contributed by atoms with Gasteiger partial charge in [-0.1, -0.05) is 23.7 Å². The Bertz CT molecular complexity index is 633. The van der Waals surface area contributed by atoms with Crippen LogP contribution in [0.1, 0.15) is 5.56 Å². The Labute approximate surface area is 128 Å². The van der Waals surface area contributed by atoms with Crippen LogP contribution in [0.4, 0.5) is 0 Å². The molecule has 0 spiro atoms. The van der Waals surface area contributed by atoms with Crippen molar-refractivity contribution >= 4 is 40.8 Å². The van der Waals surface area contributed by atoms with Gasteiger partial charge in [-0.05, 0) is 17.7 Å². The van der Waals surface area contributed by atoms with Crippen LogP contribution in [0.15, 0.2) is 30.5 Å². The van der Waals surface area contributed by atoms with Crippen molar-refractivity contribution in [2.24, 2.45) is 0 Å². The molecule has 1 saturated heterocycles. The van der Waals surface area contributed by atoms with E-state index in [1.165, 1.54) is 0 Å². The molecule has 0 atom stereocenters. The number of nitrogens with one attached hydrogen (secondary N) is 1. The number of nitrogens with zero attached hydrogens (tertiary/aromatic N) is 2. The maximum Gasteiger partial charge on any atom is 0.236 e. The molecule has 1 aliphatic heterocycles. The SMILES string of the molecule is Cl.O=C1CNCCN1Cc1ccc2c(Cl)ccnc2c1. The molecule has 2 aromatic rings. The second-order valence-electron chi connectivity index (χ2n) is 4.64. The largest absolute Gasteiger partial charge is 0.336 e. The zero-order valence-corrected chi connectivity index (χ0v) is 12.4. The fourth-order valence-electron chi connectivity index (χ4n) is 2.29. The van der Waals surface area contributed by atoms with Crippen LogP contribution in [0.2, 0.25) is 5.02 Å². The number of fused-ring (bicyclic) bond motifs is 1. The summed E-state index contributed by atoms with van der Waals surface area (Å²) < 4.78 is 0. The standard InChI is InChI=1S/C14H14ClN3O.ClH/c15-12-3-4-17-13-7-10(1-2-11(12)13)9-18-6-5-16-8-14(18)19;/h1-4,7,16H,5-6,8-9H2;1H. The second-order valence-corrected chi connectivity index (χ2v) is 5.04. The van der Waals surface area contributed by atoms with E-state index >= 15 is 0 Å². The Kier molecular flexibility index (Phi) is 4.81. The number of hydrogen-bond donors (Lipinski definition) is 1. The van der Waals surface area contributed by atoms with Gasteiger partial charge in [0, 0.05) is 31.2 Å². The molecule has 2 heterocycles. The summed E-state index contributed by atoms with van der Waals surface area (Å²) in [5, 5.41) is 4.71. The van der Waals surface area contributed by atoms with Gasteiger partial charge >= 0.3 is 0 Å². The van der Waals surface area contributed by atoms with Crippen LogP contribution in [-0.4, -0.2) is 35.4 Å². The topological polar surface area (TPSA) is 45.2 Å². The van der Waals surface area contributed by atoms with Crippen molar-refractivity contribution in [1.82, 2.24) is 15.2 Å². The molecule has 106 valence electrons. The summed E-state index contributed by atoms with van der Waals surface area (Å²) in [7, 11) is 0. The smallest absolute Gasteiger partial charge is 0.236 e. The Morgan fingerprint density at radius 3 is 3.00 bits per heavy atom. The van der Waals surface area contributed by atoms with Crippen LogP contribution in [0.25, 0.3) is 10.9 Å². The van der Waals surface area contributed by atoms with Gasteiger partial charge < -0.3 is 10.2 Å². The van der Waals surface area contributed by atoms with E-state index < -0.39 is 0 Å². The van der Waals surface area contributed by atoms with Crippen LogP contribution in [0.5, 0.6) is 0 Å². The molecule has 1 aromatic heterocycles. The van der Waals surface area contributed by atoms with Crippen molar-refractivity contribution in [3.63, 3.8) is 0 Å². The minimum atomic E-state index is 0. The average Bonchev–Trinajstić information content (AvgIpc) is 2.42. The van der Waals surface area contributed by atoms with Crippen LogP contribution in [0.3, 0.4) is 0 Å². The quantitative estimate of drug-likeness (QED) is 0.925. The number of amides is 1. The van der Waals surface area contributed by atoms with Crippen LogP contribution in [0, 0.1) is 0 Å². The minimum Gasteiger partial charge on any atom is -0.336 e. The molecule has 1 aliphatic rings. The van der Waals surface area contributed by atoms with E-state index in [1.54, 1.807) is 12.3 Å². The molecular formula is C14H15Cl2N3O. The first kappa shape index (κ1) is 15.0. The summed E-state index contributed by atoms with van der Waals surface area (Å²) in [5.74, 6) is 0.144. The molecule has 0 radical (unpaired) electrons. The van der Waals surface area contributed by atoms with Gasteiger partial charge in [0.1, 0.15) is 0 Å². The molecule has 0 bridgehead atoms. The van der Waals surface area contributed by atoms with Crippen molar-refractivity contribution < 1.29 is 4.79 Å². The molecular weight excluding hydrogens is 297 g/mol. The van der Waals surface area contributed by atoms with E-state index in [9.17, 15) is 4.79 Å². The lowest BCUT2D eigenvalue weighted by Gasteiger charge is -2.27. The molecule has 0 saturated carbocycles. The Morgan fingerprint density at radius 2 is 2.20 bits per heavy atom. The monoisotopic (exact) mass is 311 g/mol. The lowest BCUT2D eigenvalue weighted by Crippen LogP contribution is -2.47. The van der Waals surface area contributed by atoms with Crippen molar-refractivity contribution in [2.45, 2.75) is 6.54 Å². The van der Waals surface area contributed by atoms with E-state index in [2.05, 4.69) is 10.3 Å². The number of pyridine rings is 1. The van der Waals surface area contributed by atoms with Crippen molar-refractivity contribution in [2.75, 3.05) is 19.6 Å². The number of carbonyl (C=O) groups excluding carboxylic acids is 1. The molecule has 1 amide bonds. The van der Waals surface area contributed by atoms with Gasteiger partial charge in [0.2, 0.25) is 5.91 Å². The molecule has 0 aliphatic carbocycles. The van der Waals surface area contributed by atoms with Crippen molar-refractivity contribution in [1.29, 1.82) is 0 Å². The fourth-order valence-corrected chi connectivity index (χ4v) is 2.51. The number of piperazine rings is 1. The lowest BCUT2D eigenvalue weighted by molar-refractivity contribution is -0.132. The number of halogens is 2. The first-order valence-corrected chi connectivity index (χ1v) is 6.63. The van der Waals surface area contributed by atoms with E-state index in [0.717, 1.165) is 29.6 Å². The average molecular weight is 312 g/mol. The number of aromatic nitrogens is 1. The van der Waals surface area contributed by atoms with E-state index in [4.69, 9.17) is 11.6 Å². The summed E-state index contributed by atoms with van der Waals surface area (Å²) >= 11 is 6.11. The predicted molar refractivity (Wildman–Crippen MR) is 82.3 cm³/mol. The van der Waals surface area contributed by atoms with Crippen molar-refractivity contribution in [3.8, 4) is 0 Å². The van der Waals surface area contributed by atoms with E-state index in [1.807, 2.05) is 23.1 Å². The van der Waals surface area contributed by atoms with Crippen LogP contribution < -0.4 is 5.32 Å². The first-order valence-electron chi connectivity index (χ1n) is 6.26. The first-order chi connectivity index (χ1) is 9.24. The molecule has 1 aromatic carbocycles. The van der Waals surface area contributed by atoms with Gasteiger partial charge in [-0.2, -0.15) is 0 Å². The highest BCUT2D eigenvalue weighted by molar-refractivity contribution is 6.35. The molecule has 0 unspecified atom stereocenters. The highest BCUT2D eigenvalue weighted by Gasteiger charge is 2.17.